The number of amides is 1. The molecule has 1 amide bonds. The molecule has 0 atom stereocenters. The predicted octanol–water partition coefficient (Wildman–Crippen LogP) is 3.00. The maximum Gasteiger partial charge on any atom is 0.252 e. The number of hydrogen-bond acceptors (Lipinski definition) is 3. The number of rotatable bonds is 4. The Hall–Kier alpha value is -1.31. The van der Waals surface area contributed by atoms with Crippen molar-refractivity contribution >= 4 is 17.2 Å². The zero-order valence-corrected chi connectivity index (χ0v) is 13.5. The summed E-state index contributed by atoms with van der Waals surface area (Å²) in [6.07, 6.45) is 6.41. The summed E-state index contributed by atoms with van der Waals surface area (Å²) < 4.78 is 0. The van der Waals surface area contributed by atoms with Gasteiger partial charge in [0.2, 0.25) is 0 Å². The summed E-state index contributed by atoms with van der Waals surface area (Å²) in [6.45, 7) is 3.42. The molecule has 2 rings (SSSR count). The fourth-order valence-corrected chi connectivity index (χ4v) is 3.60. The van der Waals surface area contributed by atoms with Gasteiger partial charge < -0.3 is 11.1 Å². The summed E-state index contributed by atoms with van der Waals surface area (Å²) in [5, 5.41) is 4.93. The maximum absolute atomic E-state index is 12.1. The first kappa shape index (κ1) is 16.1. The summed E-state index contributed by atoms with van der Waals surface area (Å²) >= 11 is 1.49. The van der Waals surface area contributed by atoms with Crippen molar-refractivity contribution in [3.05, 3.63) is 21.9 Å². The maximum atomic E-state index is 12.1. The summed E-state index contributed by atoms with van der Waals surface area (Å²) in [5.74, 6) is 7.33. The lowest BCUT2D eigenvalue weighted by atomic mass is 9.81. The Morgan fingerprint density at radius 3 is 2.76 bits per heavy atom. The first-order valence-electron chi connectivity index (χ1n) is 7.78. The molecule has 0 saturated heterocycles. The van der Waals surface area contributed by atoms with Gasteiger partial charge in [0.1, 0.15) is 0 Å². The van der Waals surface area contributed by atoms with Gasteiger partial charge in [-0.25, -0.2) is 0 Å². The minimum Gasteiger partial charge on any atom is -0.352 e. The number of nitrogens with one attached hydrogen (secondary N) is 1. The van der Waals surface area contributed by atoms with E-state index in [0.717, 1.165) is 17.3 Å². The van der Waals surface area contributed by atoms with Crippen LogP contribution >= 0.6 is 11.3 Å². The van der Waals surface area contributed by atoms with Crippen molar-refractivity contribution in [3.8, 4) is 11.8 Å². The molecular formula is C17H24N2OS. The Morgan fingerprint density at radius 1 is 1.38 bits per heavy atom. The van der Waals surface area contributed by atoms with Crippen LogP contribution in [0.5, 0.6) is 0 Å². The highest BCUT2D eigenvalue weighted by molar-refractivity contribution is 7.10. The molecule has 1 aliphatic carbocycles. The Kier molecular flexibility index (Phi) is 6.28. The van der Waals surface area contributed by atoms with Crippen molar-refractivity contribution in [1.29, 1.82) is 0 Å². The highest BCUT2D eigenvalue weighted by Crippen LogP contribution is 2.30. The number of hydrogen-bond donors (Lipinski definition) is 2. The molecule has 1 heterocycles. The summed E-state index contributed by atoms with van der Waals surface area (Å²) in [7, 11) is 0. The summed E-state index contributed by atoms with van der Waals surface area (Å²) in [4.78, 5) is 13.0. The van der Waals surface area contributed by atoms with Crippen LogP contribution in [0.15, 0.2) is 11.4 Å². The van der Waals surface area contributed by atoms with E-state index < -0.39 is 0 Å². The largest absolute Gasteiger partial charge is 0.352 e. The number of thiophene rings is 1. The molecule has 0 bridgehead atoms. The van der Waals surface area contributed by atoms with E-state index in [4.69, 9.17) is 5.73 Å². The van der Waals surface area contributed by atoms with Gasteiger partial charge in [0.05, 0.1) is 17.0 Å². The van der Waals surface area contributed by atoms with Gasteiger partial charge in [-0.3, -0.25) is 4.79 Å². The van der Waals surface area contributed by atoms with Gasteiger partial charge in [0.25, 0.3) is 5.91 Å². The minimum atomic E-state index is 0.0182. The first-order valence-corrected chi connectivity index (χ1v) is 8.66. The molecule has 0 aliphatic heterocycles. The van der Waals surface area contributed by atoms with Crippen molar-refractivity contribution in [2.75, 3.05) is 13.1 Å². The molecular weight excluding hydrogens is 280 g/mol. The van der Waals surface area contributed by atoms with Crippen LogP contribution in [0.4, 0.5) is 0 Å². The van der Waals surface area contributed by atoms with Crippen LogP contribution in [0.3, 0.4) is 0 Å². The van der Waals surface area contributed by atoms with Crippen molar-refractivity contribution < 1.29 is 4.79 Å². The fraction of sp³-hybridized carbons (Fsp3) is 0.588. The molecule has 0 aromatic carbocycles. The van der Waals surface area contributed by atoms with Crippen LogP contribution in [-0.4, -0.2) is 19.0 Å². The molecule has 3 N–H and O–H groups in total. The van der Waals surface area contributed by atoms with Crippen molar-refractivity contribution in [1.82, 2.24) is 5.32 Å². The Bertz CT molecular complexity index is 518. The molecule has 114 valence electrons. The van der Waals surface area contributed by atoms with Crippen LogP contribution in [0, 0.1) is 23.7 Å². The quantitative estimate of drug-likeness (QED) is 0.840. The third-order valence-electron chi connectivity index (χ3n) is 4.27. The highest BCUT2D eigenvalue weighted by atomic mass is 32.1. The van der Waals surface area contributed by atoms with E-state index in [0.29, 0.717) is 18.0 Å². The van der Waals surface area contributed by atoms with Gasteiger partial charge in [-0.05, 0) is 30.7 Å². The van der Waals surface area contributed by atoms with Crippen LogP contribution in [0.1, 0.15) is 54.3 Å². The third-order valence-corrected chi connectivity index (χ3v) is 5.12. The lowest BCUT2D eigenvalue weighted by Gasteiger charge is -2.27. The Labute approximate surface area is 131 Å². The number of carbonyl (C=O) groups excluding carboxylic acids is 1. The van der Waals surface area contributed by atoms with Gasteiger partial charge in [-0.2, -0.15) is 0 Å². The second-order valence-corrected chi connectivity index (χ2v) is 6.62. The summed E-state index contributed by atoms with van der Waals surface area (Å²) in [5.41, 5.74) is 6.06. The normalized spacial score (nSPS) is 21.4. The predicted molar refractivity (Wildman–Crippen MR) is 88.3 cm³/mol. The van der Waals surface area contributed by atoms with E-state index in [1.54, 1.807) is 0 Å². The molecule has 1 aromatic rings. The molecule has 0 spiro atoms. The van der Waals surface area contributed by atoms with Gasteiger partial charge in [0, 0.05) is 11.9 Å². The Balaban J connectivity index is 1.78. The summed E-state index contributed by atoms with van der Waals surface area (Å²) in [6, 6.07) is 1.84. The second kappa shape index (κ2) is 8.21. The van der Waals surface area contributed by atoms with Crippen molar-refractivity contribution in [3.63, 3.8) is 0 Å². The molecule has 3 nitrogen and oxygen atoms in total. The standard InChI is InChI=1S/C17H24N2OS/c1-2-13-5-7-14(8-6-13)11-19-17(20)15-10-16(21-12-15)4-3-9-18/h10,12-14H,2,5-9,11,18H2,1H3,(H,19,20). The third kappa shape index (κ3) is 4.87. The van der Waals surface area contributed by atoms with E-state index in [9.17, 15) is 4.79 Å². The number of nitrogens with two attached hydrogens (primary N) is 1. The zero-order chi connectivity index (χ0) is 15.1. The SMILES string of the molecule is CCC1CCC(CNC(=O)c2csc(C#CCN)c2)CC1. The molecule has 1 aromatic heterocycles. The Morgan fingerprint density at radius 2 is 2.10 bits per heavy atom. The minimum absolute atomic E-state index is 0.0182. The van der Waals surface area contributed by atoms with Gasteiger partial charge in [-0.15, -0.1) is 11.3 Å². The highest BCUT2D eigenvalue weighted by Gasteiger charge is 2.20. The zero-order valence-electron chi connectivity index (χ0n) is 12.7. The molecule has 0 unspecified atom stereocenters. The van der Waals surface area contributed by atoms with E-state index in [1.165, 1.54) is 43.4 Å². The van der Waals surface area contributed by atoms with Crippen molar-refractivity contribution in [2.45, 2.75) is 39.0 Å². The monoisotopic (exact) mass is 304 g/mol. The van der Waals surface area contributed by atoms with Gasteiger partial charge >= 0.3 is 0 Å². The fourth-order valence-electron chi connectivity index (χ4n) is 2.84. The van der Waals surface area contributed by atoms with Crippen molar-refractivity contribution in [2.24, 2.45) is 17.6 Å². The first-order chi connectivity index (χ1) is 10.2. The molecule has 1 fully saturated rings. The van der Waals surface area contributed by atoms with Crippen LogP contribution in [0.25, 0.3) is 0 Å². The smallest absolute Gasteiger partial charge is 0.252 e. The molecule has 0 radical (unpaired) electrons. The molecule has 1 saturated carbocycles. The topological polar surface area (TPSA) is 55.1 Å². The van der Waals surface area contributed by atoms with E-state index in [-0.39, 0.29) is 5.91 Å². The molecule has 4 heteroatoms. The van der Waals surface area contributed by atoms with Gasteiger partial charge in [0.15, 0.2) is 0 Å². The lowest BCUT2D eigenvalue weighted by Crippen LogP contribution is -2.31. The van der Waals surface area contributed by atoms with Crippen LogP contribution in [-0.2, 0) is 0 Å². The van der Waals surface area contributed by atoms with E-state index >= 15 is 0 Å². The van der Waals surface area contributed by atoms with Crippen LogP contribution < -0.4 is 11.1 Å². The lowest BCUT2D eigenvalue weighted by molar-refractivity contribution is 0.0941. The van der Waals surface area contributed by atoms with E-state index in [1.807, 2.05) is 11.4 Å². The average Bonchev–Trinajstić information content (AvgIpc) is 3.00. The van der Waals surface area contributed by atoms with Crippen LogP contribution in [0.2, 0.25) is 0 Å². The van der Waals surface area contributed by atoms with Gasteiger partial charge in [-0.1, -0.05) is 38.0 Å². The molecule has 1 aliphatic rings. The molecule has 21 heavy (non-hydrogen) atoms. The second-order valence-electron chi connectivity index (χ2n) is 5.71. The van der Waals surface area contributed by atoms with E-state index in [2.05, 4.69) is 24.1 Å². The average molecular weight is 304 g/mol. The number of carbonyl (C=O) groups is 1.